The van der Waals surface area contributed by atoms with Gasteiger partial charge in [-0.1, -0.05) is 0 Å². The van der Waals surface area contributed by atoms with Crippen molar-refractivity contribution in [2.45, 2.75) is 0 Å². The van der Waals surface area contributed by atoms with Gasteiger partial charge in [0.05, 0.1) is 19.8 Å². The van der Waals surface area contributed by atoms with Gasteiger partial charge in [-0.25, -0.2) is 0 Å². The minimum Gasteiger partial charge on any atom is -1.00 e. The molecule has 0 spiro atoms. The summed E-state index contributed by atoms with van der Waals surface area (Å²) in [5.41, 5.74) is 0. The average molecular weight is 266 g/mol. The Labute approximate surface area is 142 Å². The molecule has 8 heteroatoms. The van der Waals surface area contributed by atoms with Crippen molar-refractivity contribution in [3.8, 4) is 0 Å². The van der Waals surface area contributed by atoms with Crippen molar-refractivity contribution < 1.29 is 99.2 Å². The van der Waals surface area contributed by atoms with Gasteiger partial charge in [-0.2, -0.15) is 0 Å². The molecular weight excluding hydrogens is 251 g/mol. The van der Waals surface area contributed by atoms with Gasteiger partial charge in [-0.3, -0.25) is 4.90 Å². The van der Waals surface area contributed by atoms with Crippen molar-refractivity contribution in [1.82, 2.24) is 4.90 Å². The Balaban J connectivity index is -0.0000000675. The normalized spacial score (nSPS) is 7.71. The Kier molecular flexibility index (Phi) is 52.6. The van der Waals surface area contributed by atoms with E-state index in [2.05, 4.69) is 0 Å². The minimum absolute atomic E-state index is 0. The fourth-order valence-corrected chi connectivity index (χ4v) is 0.760. The molecule has 0 aliphatic heterocycles. The molecule has 0 fully saturated rings. The molecule has 0 saturated heterocycles. The fourth-order valence-electron chi connectivity index (χ4n) is 0.760. The molecule has 4 nitrogen and oxygen atoms in total. The van der Waals surface area contributed by atoms with E-state index in [1.165, 1.54) is 0 Å². The van der Waals surface area contributed by atoms with Crippen LogP contribution in [-0.4, -0.2) is 59.7 Å². The number of hydrogen-bond acceptors (Lipinski definition) is 4. The van der Waals surface area contributed by atoms with E-state index in [9.17, 15) is 0 Å². The van der Waals surface area contributed by atoms with Gasteiger partial charge in [0.1, 0.15) is 0 Å². The zero-order chi connectivity index (χ0) is 7.82. The standard InChI is InChI=1S/C6H15NO3.2ClH.2Na/c8-4-1-7(2-5-9)3-6-10;;;;/h8-10H,1-6H2;2*1H;;/q;;;2*+1/p-2. The third-order valence-corrected chi connectivity index (χ3v) is 1.25. The molecule has 0 aromatic rings. The quantitative estimate of drug-likeness (QED) is 0.418. The first-order valence-corrected chi connectivity index (χ1v) is 3.40. The number of rotatable bonds is 6. The van der Waals surface area contributed by atoms with Gasteiger partial charge in [-0.05, 0) is 0 Å². The van der Waals surface area contributed by atoms with Crippen molar-refractivity contribution in [2.24, 2.45) is 0 Å². The number of nitrogens with zero attached hydrogens (tertiary/aromatic N) is 1. The Hall–Kier alpha value is 2.42. The van der Waals surface area contributed by atoms with E-state index in [4.69, 9.17) is 15.3 Å². The molecule has 0 aromatic heterocycles. The Morgan fingerprint density at radius 3 is 1.00 bits per heavy atom. The molecule has 0 heterocycles. The second kappa shape index (κ2) is 24.6. The van der Waals surface area contributed by atoms with Crippen molar-refractivity contribution in [3.05, 3.63) is 0 Å². The molecule has 0 unspecified atom stereocenters. The van der Waals surface area contributed by atoms with Crippen LogP contribution in [0.5, 0.6) is 0 Å². The summed E-state index contributed by atoms with van der Waals surface area (Å²) in [4.78, 5) is 1.79. The van der Waals surface area contributed by atoms with Crippen molar-refractivity contribution >= 4 is 0 Å². The molecule has 0 saturated carbocycles. The third kappa shape index (κ3) is 19.9. The summed E-state index contributed by atoms with van der Waals surface area (Å²) in [5.74, 6) is 0. The van der Waals surface area contributed by atoms with Crippen molar-refractivity contribution in [1.29, 1.82) is 0 Å². The fraction of sp³-hybridized carbons (Fsp3) is 1.00. The summed E-state index contributed by atoms with van der Waals surface area (Å²) >= 11 is 0. The van der Waals surface area contributed by atoms with E-state index < -0.39 is 0 Å². The van der Waals surface area contributed by atoms with E-state index in [1.807, 2.05) is 0 Å². The van der Waals surface area contributed by atoms with Gasteiger partial charge < -0.3 is 40.1 Å². The van der Waals surface area contributed by atoms with Crippen molar-refractivity contribution in [2.75, 3.05) is 39.5 Å². The number of aliphatic hydroxyl groups excluding tert-OH is 3. The first-order chi connectivity index (χ1) is 4.85. The Bertz CT molecular complexity index is 71.8. The Morgan fingerprint density at radius 1 is 0.643 bits per heavy atom. The molecule has 0 aliphatic rings. The van der Waals surface area contributed by atoms with Crippen LogP contribution in [0.1, 0.15) is 0 Å². The van der Waals surface area contributed by atoms with Crippen molar-refractivity contribution in [3.63, 3.8) is 0 Å². The van der Waals surface area contributed by atoms with Gasteiger partial charge >= 0.3 is 59.1 Å². The first kappa shape index (κ1) is 29.9. The molecule has 0 aliphatic carbocycles. The number of halogens is 2. The predicted octanol–water partition coefficient (Wildman–Crippen LogP) is -13.7. The third-order valence-electron chi connectivity index (χ3n) is 1.25. The smallest absolute Gasteiger partial charge is 1.00 e. The van der Waals surface area contributed by atoms with Gasteiger partial charge in [-0.15, -0.1) is 0 Å². The predicted molar refractivity (Wildman–Crippen MR) is 37.7 cm³/mol. The minimum atomic E-state index is 0. The maximum Gasteiger partial charge on any atom is 1.00 e. The molecule has 0 aromatic carbocycles. The second-order valence-corrected chi connectivity index (χ2v) is 2.01. The zero-order valence-corrected chi connectivity index (χ0v) is 14.3. The second-order valence-electron chi connectivity index (χ2n) is 2.01. The summed E-state index contributed by atoms with van der Waals surface area (Å²) in [7, 11) is 0. The molecule has 78 valence electrons. The average Bonchev–Trinajstić information content (AvgIpc) is 1.90. The summed E-state index contributed by atoms with van der Waals surface area (Å²) in [6, 6.07) is 0. The number of aliphatic hydroxyl groups is 3. The van der Waals surface area contributed by atoms with E-state index in [-0.39, 0.29) is 104 Å². The molecule has 0 amide bonds. The van der Waals surface area contributed by atoms with Gasteiger partial charge in [0, 0.05) is 19.6 Å². The van der Waals surface area contributed by atoms with Crippen LogP contribution >= 0.6 is 0 Å². The molecular formula is C6H15Cl2NNa2O3. The van der Waals surface area contributed by atoms with E-state index in [0.717, 1.165) is 0 Å². The van der Waals surface area contributed by atoms with Gasteiger partial charge in [0.25, 0.3) is 0 Å². The van der Waals surface area contributed by atoms with E-state index in [0.29, 0.717) is 19.6 Å². The Morgan fingerprint density at radius 2 is 0.857 bits per heavy atom. The van der Waals surface area contributed by atoms with Crippen LogP contribution in [0.25, 0.3) is 0 Å². The van der Waals surface area contributed by atoms with Crippen LogP contribution in [-0.2, 0) is 0 Å². The molecule has 0 bridgehead atoms. The van der Waals surface area contributed by atoms with Crippen LogP contribution in [0.4, 0.5) is 0 Å². The first-order valence-electron chi connectivity index (χ1n) is 3.40. The van der Waals surface area contributed by atoms with Gasteiger partial charge in [0.15, 0.2) is 0 Å². The summed E-state index contributed by atoms with van der Waals surface area (Å²) in [6.45, 7) is 1.75. The maximum atomic E-state index is 8.48. The topological polar surface area (TPSA) is 63.9 Å². The van der Waals surface area contributed by atoms with Crippen LogP contribution in [0.3, 0.4) is 0 Å². The summed E-state index contributed by atoms with van der Waals surface area (Å²) in [5, 5.41) is 25.5. The molecule has 0 rings (SSSR count). The largest absolute Gasteiger partial charge is 1.00 e. The van der Waals surface area contributed by atoms with E-state index >= 15 is 0 Å². The molecule has 3 N–H and O–H groups in total. The molecule has 0 atom stereocenters. The van der Waals surface area contributed by atoms with Gasteiger partial charge in [0.2, 0.25) is 0 Å². The monoisotopic (exact) mass is 265 g/mol. The molecule has 14 heavy (non-hydrogen) atoms. The van der Waals surface area contributed by atoms with Crippen LogP contribution in [0.15, 0.2) is 0 Å². The van der Waals surface area contributed by atoms with Crippen LogP contribution in [0, 0.1) is 0 Å². The molecule has 0 radical (unpaired) electrons. The van der Waals surface area contributed by atoms with Crippen LogP contribution < -0.4 is 83.9 Å². The SMILES string of the molecule is OCCN(CCO)CCO.[Cl-].[Cl-].[Na+].[Na+]. The number of hydrogen-bond donors (Lipinski definition) is 3. The summed E-state index contributed by atoms with van der Waals surface area (Å²) < 4.78 is 0. The van der Waals surface area contributed by atoms with E-state index in [1.54, 1.807) is 4.90 Å². The summed E-state index contributed by atoms with van der Waals surface area (Å²) in [6.07, 6.45) is 0. The van der Waals surface area contributed by atoms with Crippen LogP contribution in [0.2, 0.25) is 0 Å². The zero-order valence-electron chi connectivity index (χ0n) is 8.79. The maximum absolute atomic E-state index is 8.48.